The number of benzene rings is 2. The van der Waals surface area contributed by atoms with Crippen LogP contribution in [0.3, 0.4) is 0 Å². The average molecular weight is 450 g/mol. The number of rotatable bonds is 8. The normalized spacial score (nSPS) is 18.2. The van der Waals surface area contributed by atoms with Crippen LogP contribution in [0.4, 0.5) is 5.69 Å². The van der Waals surface area contributed by atoms with E-state index >= 15 is 0 Å². The van der Waals surface area contributed by atoms with E-state index in [0.29, 0.717) is 17.4 Å². The zero-order valence-corrected chi connectivity index (χ0v) is 19.5. The van der Waals surface area contributed by atoms with Gasteiger partial charge in [-0.2, -0.15) is 0 Å². The summed E-state index contributed by atoms with van der Waals surface area (Å²) in [7, 11) is 0. The maximum atomic E-state index is 12.9. The number of hydrogen-bond donors (Lipinski definition) is 1. The molecule has 2 aliphatic heterocycles. The Kier molecular flexibility index (Phi) is 8.00. The topological polar surface area (TPSA) is 61.9 Å². The van der Waals surface area contributed by atoms with E-state index in [1.165, 1.54) is 5.56 Å². The SMILES string of the molecule is CC(C(=O)Nc1cccc(OCC(=O)N2CCCC2)c1)N1CCC(Cc2ccccc2)CC1. The fourth-order valence-corrected chi connectivity index (χ4v) is 4.77. The quantitative estimate of drug-likeness (QED) is 0.663. The van der Waals surface area contributed by atoms with Gasteiger partial charge in [0.25, 0.3) is 5.91 Å². The highest BCUT2D eigenvalue weighted by atomic mass is 16.5. The molecule has 6 heteroatoms. The van der Waals surface area contributed by atoms with Crippen LogP contribution in [0, 0.1) is 5.92 Å². The molecule has 176 valence electrons. The first-order valence-electron chi connectivity index (χ1n) is 12.2. The Morgan fingerprint density at radius 2 is 1.73 bits per heavy atom. The fourth-order valence-electron chi connectivity index (χ4n) is 4.77. The van der Waals surface area contributed by atoms with Crippen molar-refractivity contribution in [2.24, 2.45) is 5.92 Å². The van der Waals surface area contributed by atoms with Gasteiger partial charge in [-0.15, -0.1) is 0 Å². The molecule has 0 saturated carbocycles. The lowest BCUT2D eigenvalue weighted by Gasteiger charge is -2.35. The van der Waals surface area contributed by atoms with Crippen molar-refractivity contribution in [3.05, 3.63) is 60.2 Å². The summed E-state index contributed by atoms with van der Waals surface area (Å²) < 4.78 is 5.69. The van der Waals surface area contributed by atoms with Crippen LogP contribution in [0.15, 0.2) is 54.6 Å². The van der Waals surface area contributed by atoms with Gasteiger partial charge < -0.3 is 15.0 Å². The van der Waals surface area contributed by atoms with Crippen LogP contribution in [0.5, 0.6) is 5.75 Å². The maximum Gasteiger partial charge on any atom is 0.260 e. The van der Waals surface area contributed by atoms with Gasteiger partial charge in [0.2, 0.25) is 5.91 Å². The van der Waals surface area contributed by atoms with Crippen LogP contribution in [0.2, 0.25) is 0 Å². The Labute approximate surface area is 196 Å². The minimum Gasteiger partial charge on any atom is -0.484 e. The van der Waals surface area contributed by atoms with Gasteiger partial charge in [0.1, 0.15) is 5.75 Å². The molecule has 2 heterocycles. The molecule has 2 saturated heterocycles. The predicted octanol–water partition coefficient (Wildman–Crippen LogP) is 3.97. The van der Waals surface area contributed by atoms with E-state index in [-0.39, 0.29) is 24.5 Å². The molecule has 2 amide bonds. The second-order valence-corrected chi connectivity index (χ2v) is 9.24. The molecule has 2 aliphatic rings. The summed E-state index contributed by atoms with van der Waals surface area (Å²) in [5.74, 6) is 1.28. The summed E-state index contributed by atoms with van der Waals surface area (Å²) in [4.78, 5) is 29.2. The van der Waals surface area contributed by atoms with E-state index in [1.54, 1.807) is 6.07 Å². The van der Waals surface area contributed by atoms with Crippen molar-refractivity contribution >= 4 is 17.5 Å². The van der Waals surface area contributed by atoms with Gasteiger partial charge in [-0.25, -0.2) is 0 Å². The summed E-state index contributed by atoms with van der Waals surface area (Å²) in [6.45, 7) is 5.52. The van der Waals surface area contributed by atoms with Crippen molar-refractivity contribution in [3.8, 4) is 5.75 Å². The number of hydrogen-bond acceptors (Lipinski definition) is 4. The summed E-state index contributed by atoms with van der Waals surface area (Å²) in [5, 5.41) is 3.02. The summed E-state index contributed by atoms with van der Waals surface area (Å²) >= 11 is 0. The van der Waals surface area contributed by atoms with Gasteiger partial charge in [0.15, 0.2) is 6.61 Å². The smallest absolute Gasteiger partial charge is 0.260 e. The van der Waals surface area contributed by atoms with Crippen LogP contribution >= 0.6 is 0 Å². The van der Waals surface area contributed by atoms with Crippen LogP contribution in [0.25, 0.3) is 0 Å². The largest absolute Gasteiger partial charge is 0.484 e. The third-order valence-corrected chi connectivity index (χ3v) is 6.87. The predicted molar refractivity (Wildman–Crippen MR) is 130 cm³/mol. The van der Waals surface area contributed by atoms with Crippen molar-refractivity contribution in [1.82, 2.24) is 9.80 Å². The molecular formula is C27H35N3O3. The lowest BCUT2D eigenvalue weighted by atomic mass is 9.89. The molecule has 1 unspecified atom stereocenters. The molecule has 0 bridgehead atoms. The fraction of sp³-hybridized carbons (Fsp3) is 0.481. The molecular weight excluding hydrogens is 414 g/mol. The Hall–Kier alpha value is -2.86. The van der Waals surface area contributed by atoms with E-state index in [2.05, 4.69) is 40.5 Å². The van der Waals surface area contributed by atoms with Crippen molar-refractivity contribution < 1.29 is 14.3 Å². The van der Waals surface area contributed by atoms with Crippen LogP contribution in [0.1, 0.15) is 38.2 Å². The molecule has 6 nitrogen and oxygen atoms in total. The molecule has 1 atom stereocenters. The highest BCUT2D eigenvalue weighted by Crippen LogP contribution is 2.24. The van der Waals surface area contributed by atoms with Gasteiger partial charge in [-0.1, -0.05) is 36.4 Å². The summed E-state index contributed by atoms with van der Waals surface area (Å²) in [5.41, 5.74) is 2.09. The first-order chi connectivity index (χ1) is 16.1. The number of likely N-dealkylation sites (tertiary alicyclic amines) is 2. The Morgan fingerprint density at radius 1 is 1.00 bits per heavy atom. The number of amides is 2. The Bertz CT molecular complexity index is 919. The van der Waals surface area contributed by atoms with Gasteiger partial charge in [0.05, 0.1) is 6.04 Å². The van der Waals surface area contributed by atoms with Crippen molar-refractivity contribution in [3.63, 3.8) is 0 Å². The first kappa shape index (κ1) is 23.3. The van der Waals surface area contributed by atoms with E-state index < -0.39 is 0 Å². The number of ether oxygens (including phenoxy) is 1. The van der Waals surface area contributed by atoms with E-state index in [4.69, 9.17) is 4.74 Å². The first-order valence-corrected chi connectivity index (χ1v) is 12.2. The monoisotopic (exact) mass is 449 g/mol. The van der Waals surface area contributed by atoms with Gasteiger partial charge in [-0.3, -0.25) is 14.5 Å². The van der Waals surface area contributed by atoms with E-state index in [9.17, 15) is 9.59 Å². The highest BCUT2D eigenvalue weighted by Gasteiger charge is 2.27. The second-order valence-electron chi connectivity index (χ2n) is 9.24. The standard InChI is InChI=1S/C27H35N3O3/c1-21(29-16-12-23(13-17-29)18-22-8-3-2-4-9-22)27(32)28-24-10-7-11-25(19-24)33-20-26(31)30-14-5-6-15-30/h2-4,7-11,19,21,23H,5-6,12-18,20H2,1H3,(H,28,32). The maximum absolute atomic E-state index is 12.9. The minimum atomic E-state index is -0.191. The number of carbonyl (C=O) groups is 2. The Balaban J connectivity index is 1.23. The molecule has 4 rings (SSSR count). The second kappa shape index (κ2) is 11.3. The molecule has 0 aliphatic carbocycles. The summed E-state index contributed by atoms with van der Waals surface area (Å²) in [6, 6.07) is 17.8. The number of carbonyl (C=O) groups excluding carboxylic acids is 2. The molecule has 33 heavy (non-hydrogen) atoms. The lowest BCUT2D eigenvalue weighted by molar-refractivity contribution is -0.132. The zero-order chi connectivity index (χ0) is 23.0. The van der Waals surface area contributed by atoms with E-state index in [0.717, 1.165) is 58.3 Å². The third kappa shape index (κ3) is 6.57. The molecule has 2 aromatic rings. The Morgan fingerprint density at radius 3 is 2.45 bits per heavy atom. The lowest BCUT2D eigenvalue weighted by Crippen LogP contribution is -2.46. The van der Waals surface area contributed by atoms with Crippen molar-refractivity contribution in [1.29, 1.82) is 0 Å². The van der Waals surface area contributed by atoms with E-state index in [1.807, 2.05) is 30.0 Å². The number of nitrogens with zero attached hydrogens (tertiary/aromatic N) is 2. The highest BCUT2D eigenvalue weighted by molar-refractivity contribution is 5.94. The molecule has 1 N–H and O–H groups in total. The van der Waals surface area contributed by atoms with Gasteiger partial charge >= 0.3 is 0 Å². The summed E-state index contributed by atoms with van der Waals surface area (Å²) in [6.07, 6.45) is 5.47. The zero-order valence-electron chi connectivity index (χ0n) is 19.5. The molecule has 0 spiro atoms. The van der Waals surface area contributed by atoms with Crippen molar-refractivity contribution in [2.45, 2.75) is 45.1 Å². The van der Waals surface area contributed by atoms with Crippen LogP contribution in [-0.2, 0) is 16.0 Å². The van der Waals surface area contributed by atoms with Gasteiger partial charge in [-0.05, 0) is 75.7 Å². The van der Waals surface area contributed by atoms with Gasteiger partial charge in [0, 0.05) is 24.8 Å². The van der Waals surface area contributed by atoms with Crippen molar-refractivity contribution in [2.75, 3.05) is 38.1 Å². The number of piperidine rings is 1. The minimum absolute atomic E-state index is 0.0122. The van der Waals surface area contributed by atoms with Crippen LogP contribution < -0.4 is 10.1 Å². The van der Waals surface area contributed by atoms with Crippen LogP contribution in [-0.4, -0.2) is 60.4 Å². The number of anilines is 1. The third-order valence-electron chi connectivity index (χ3n) is 6.87. The molecule has 2 fully saturated rings. The number of nitrogens with one attached hydrogen (secondary N) is 1. The molecule has 2 aromatic carbocycles. The molecule has 0 aromatic heterocycles. The molecule has 0 radical (unpaired) electrons. The average Bonchev–Trinajstić information content (AvgIpc) is 3.39.